The lowest BCUT2D eigenvalue weighted by molar-refractivity contribution is -0.120. The van der Waals surface area contributed by atoms with Gasteiger partial charge in [0.05, 0.1) is 6.61 Å². The number of amides is 2. The van der Waals surface area contributed by atoms with Gasteiger partial charge in [-0.25, -0.2) is 0 Å². The lowest BCUT2D eigenvalue weighted by Crippen LogP contribution is -2.37. The second-order valence-electron chi connectivity index (χ2n) is 3.35. The number of hydrogen-bond donors (Lipinski definition) is 3. The van der Waals surface area contributed by atoms with Crippen molar-refractivity contribution < 1.29 is 14.7 Å². The van der Waals surface area contributed by atoms with Crippen LogP contribution in [0.4, 0.5) is 5.69 Å². The molecule has 0 aliphatic rings. The van der Waals surface area contributed by atoms with Crippen molar-refractivity contribution in [3.05, 3.63) is 29.8 Å². The van der Waals surface area contributed by atoms with Crippen LogP contribution in [-0.2, 0) is 16.2 Å². The third-order valence-corrected chi connectivity index (χ3v) is 2.12. The van der Waals surface area contributed by atoms with E-state index in [4.69, 9.17) is 5.11 Å². The maximum atomic E-state index is 11.5. The molecule has 86 valence electrons. The van der Waals surface area contributed by atoms with Gasteiger partial charge in [0.2, 0.25) is 12.3 Å². The summed E-state index contributed by atoms with van der Waals surface area (Å²) >= 11 is 0. The Bertz CT molecular complexity index is 362. The minimum absolute atomic E-state index is 0.0304. The fourth-order valence-corrected chi connectivity index (χ4v) is 1.12. The Morgan fingerprint density at radius 1 is 1.44 bits per heavy atom. The Morgan fingerprint density at radius 2 is 2.06 bits per heavy atom. The number of carbonyl (C=O) groups is 2. The summed E-state index contributed by atoms with van der Waals surface area (Å²) in [5.74, 6) is -0.288. The smallest absolute Gasteiger partial charge is 0.246 e. The van der Waals surface area contributed by atoms with Crippen LogP contribution in [0.3, 0.4) is 0 Å². The van der Waals surface area contributed by atoms with Gasteiger partial charge >= 0.3 is 0 Å². The van der Waals surface area contributed by atoms with E-state index in [1.807, 2.05) is 0 Å². The highest BCUT2D eigenvalue weighted by Gasteiger charge is 2.10. The van der Waals surface area contributed by atoms with Gasteiger partial charge in [-0.1, -0.05) is 12.1 Å². The Balaban J connectivity index is 2.58. The van der Waals surface area contributed by atoms with Crippen LogP contribution in [0.5, 0.6) is 0 Å². The van der Waals surface area contributed by atoms with Crippen molar-refractivity contribution in [3.63, 3.8) is 0 Å². The van der Waals surface area contributed by atoms with Gasteiger partial charge < -0.3 is 15.7 Å². The molecular formula is C11H14N2O3. The Kier molecular flexibility index (Phi) is 4.47. The molecule has 2 amide bonds. The van der Waals surface area contributed by atoms with Gasteiger partial charge in [-0.15, -0.1) is 0 Å². The molecule has 1 aromatic carbocycles. The number of anilines is 1. The van der Waals surface area contributed by atoms with Gasteiger partial charge in [0, 0.05) is 5.69 Å². The van der Waals surface area contributed by atoms with E-state index in [0.29, 0.717) is 12.1 Å². The first-order valence-corrected chi connectivity index (χ1v) is 4.87. The van der Waals surface area contributed by atoms with Crippen LogP contribution in [0.1, 0.15) is 12.5 Å². The molecule has 16 heavy (non-hydrogen) atoms. The van der Waals surface area contributed by atoms with E-state index in [9.17, 15) is 9.59 Å². The monoisotopic (exact) mass is 222 g/mol. The third-order valence-electron chi connectivity index (χ3n) is 2.12. The Hall–Kier alpha value is -1.88. The molecule has 0 aliphatic carbocycles. The highest BCUT2D eigenvalue weighted by atomic mass is 16.3. The average Bonchev–Trinajstić information content (AvgIpc) is 2.30. The summed E-state index contributed by atoms with van der Waals surface area (Å²) in [5.41, 5.74) is 1.40. The largest absolute Gasteiger partial charge is 0.392 e. The molecule has 0 unspecified atom stereocenters. The third kappa shape index (κ3) is 3.36. The molecule has 0 saturated carbocycles. The van der Waals surface area contributed by atoms with E-state index in [2.05, 4.69) is 10.6 Å². The molecule has 0 saturated heterocycles. The number of aliphatic hydroxyl groups is 1. The van der Waals surface area contributed by atoms with Gasteiger partial charge in [-0.2, -0.15) is 0 Å². The minimum Gasteiger partial charge on any atom is -0.392 e. The van der Waals surface area contributed by atoms with Gasteiger partial charge in [0.25, 0.3) is 0 Å². The first kappa shape index (κ1) is 12.2. The first-order chi connectivity index (χ1) is 7.67. The second-order valence-corrected chi connectivity index (χ2v) is 3.35. The lowest BCUT2D eigenvalue weighted by atomic mass is 10.2. The van der Waals surface area contributed by atoms with E-state index in [0.717, 1.165) is 5.56 Å². The van der Waals surface area contributed by atoms with Crippen LogP contribution in [0.25, 0.3) is 0 Å². The number of rotatable bonds is 5. The normalized spacial score (nSPS) is 11.6. The van der Waals surface area contributed by atoms with E-state index in [-0.39, 0.29) is 12.5 Å². The van der Waals surface area contributed by atoms with Crippen LogP contribution >= 0.6 is 0 Å². The summed E-state index contributed by atoms with van der Waals surface area (Å²) in [6.07, 6.45) is 0.485. The number of nitrogens with one attached hydrogen (secondary N) is 2. The molecule has 1 rings (SSSR count). The van der Waals surface area contributed by atoms with Crippen LogP contribution in [0, 0.1) is 0 Å². The lowest BCUT2D eigenvalue weighted by Gasteiger charge is -2.11. The molecule has 0 fully saturated rings. The van der Waals surface area contributed by atoms with Gasteiger partial charge in [0.15, 0.2) is 0 Å². The summed E-state index contributed by atoms with van der Waals surface area (Å²) in [6, 6.07) is 6.24. The van der Waals surface area contributed by atoms with Crippen molar-refractivity contribution in [2.45, 2.75) is 19.6 Å². The zero-order chi connectivity index (χ0) is 12.0. The topological polar surface area (TPSA) is 78.4 Å². The van der Waals surface area contributed by atoms with Crippen molar-refractivity contribution in [2.24, 2.45) is 0 Å². The predicted octanol–water partition coefficient (Wildman–Crippen LogP) is 0.252. The molecular weight excluding hydrogens is 208 g/mol. The highest BCUT2D eigenvalue weighted by molar-refractivity contribution is 5.95. The van der Waals surface area contributed by atoms with Crippen LogP contribution in [0.15, 0.2) is 24.3 Å². The fourth-order valence-electron chi connectivity index (χ4n) is 1.12. The predicted molar refractivity (Wildman–Crippen MR) is 59.7 cm³/mol. The standard InChI is InChI=1S/C11H14N2O3/c1-8(12-7-15)11(16)13-10-4-2-9(6-14)3-5-10/h2-5,7-8,14H,6H2,1H3,(H,12,15)(H,13,16)/t8-/m1/s1. The van der Waals surface area contributed by atoms with E-state index < -0.39 is 6.04 Å². The maximum absolute atomic E-state index is 11.5. The van der Waals surface area contributed by atoms with Crippen molar-refractivity contribution in [1.29, 1.82) is 0 Å². The van der Waals surface area contributed by atoms with Crippen molar-refractivity contribution in [2.75, 3.05) is 5.32 Å². The van der Waals surface area contributed by atoms with Crippen molar-refractivity contribution >= 4 is 18.0 Å². The molecule has 0 bridgehead atoms. The molecule has 0 aliphatic heterocycles. The minimum atomic E-state index is -0.574. The molecule has 0 aromatic heterocycles. The highest BCUT2D eigenvalue weighted by Crippen LogP contribution is 2.09. The summed E-state index contributed by atoms with van der Waals surface area (Å²) < 4.78 is 0. The summed E-state index contributed by atoms with van der Waals surface area (Å²) in [4.78, 5) is 21.6. The number of carbonyl (C=O) groups excluding carboxylic acids is 2. The molecule has 0 spiro atoms. The van der Waals surface area contributed by atoms with Crippen LogP contribution < -0.4 is 10.6 Å². The summed E-state index contributed by atoms with van der Waals surface area (Å²) in [7, 11) is 0. The van der Waals surface area contributed by atoms with E-state index >= 15 is 0 Å². The van der Waals surface area contributed by atoms with Crippen molar-refractivity contribution in [3.8, 4) is 0 Å². The second kappa shape index (κ2) is 5.87. The van der Waals surface area contributed by atoms with Gasteiger partial charge in [-0.05, 0) is 24.6 Å². The summed E-state index contributed by atoms with van der Waals surface area (Å²) in [6.45, 7) is 1.56. The number of aliphatic hydroxyl groups excluding tert-OH is 1. The van der Waals surface area contributed by atoms with Crippen LogP contribution in [0.2, 0.25) is 0 Å². The number of hydrogen-bond acceptors (Lipinski definition) is 3. The zero-order valence-corrected chi connectivity index (χ0v) is 8.93. The molecule has 5 heteroatoms. The average molecular weight is 222 g/mol. The molecule has 1 aromatic rings. The number of benzene rings is 1. The SMILES string of the molecule is C[C@@H](NC=O)C(=O)Nc1ccc(CO)cc1. The molecule has 0 radical (unpaired) electrons. The zero-order valence-electron chi connectivity index (χ0n) is 8.93. The van der Waals surface area contributed by atoms with E-state index in [1.54, 1.807) is 31.2 Å². The van der Waals surface area contributed by atoms with E-state index in [1.165, 1.54) is 0 Å². The van der Waals surface area contributed by atoms with Gasteiger partial charge in [-0.3, -0.25) is 9.59 Å². The Labute approximate surface area is 93.5 Å². The first-order valence-electron chi connectivity index (χ1n) is 4.87. The quantitative estimate of drug-likeness (QED) is 0.625. The van der Waals surface area contributed by atoms with Gasteiger partial charge in [0.1, 0.15) is 6.04 Å². The summed E-state index contributed by atoms with van der Waals surface area (Å²) in [5, 5.41) is 13.8. The molecule has 1 atom stereocenters. The fraction of sp³-hybridized carbons (Fsp3) is 0.273. The Morgan fingerprint density at radius 3 is 2.56 bits per heavy atom. The molecule has 5 nitrogen and oxygen atoms in total. The van der Waals surface area contributed by atoms with Crippen molar-refractivity contribution in [1.82, 2.24) is 5.32 Å². The maximum Gasteiger partial charge on any atom is 0.246 e. The van der Waals surface area contributed by atoms with Crippen LogP contribution in [-0.4, -0.2) is 23.5 Å². The molecule has 3 N–H and O–H groups in total. The molecule has 0 heterocycles.